The molecule has 0 radical (unpaired) electrons. The van der Waals surface area contributed by atoms with E-state index in [1.54, 1.807) is 0 Å². The number of benzene rings is 2. The van der Waals surface area contributed by atoms with Crippen LogP contribution in [0.3, 0.4) is 0 Å². The number of nitrogens with one attached hydrogen (secondary N) is 2. The van der Waals surface area contributed by atoms with Crippen LogP contribution in [0, 0.1) is 28.6 Å². The predicted octanol–water partition coefficient (Wildman–Crippen LogP) is 4.87. The molecular formula is C33H39N7O4. The van der Waals surface area contributed by atoms with Crippen LogP contribution in [-0.4, -0.2) is 68.2 Å². The highest BCUT2D eigenvalue weighted by molar-refractivity contribution is 5.94. The smallest absolute Gasteiger partial charge is 0.224 e. The molecule has 44 heavy (non-hydrogen) atoms. The zero-order valence-corrected chi connectivity index (χ0v) is 24.5. The molecule has 4 saturated carbocycles. The van der Waals surface area contributed by atoms with Gasteiger partial charge in [0.05, 0.1) is 5.39 Å². The summed E-state index contributed by atoms with van der Waals surface area (Å²) in [4.78, 5) is 27.6. The quantitative estimate of drug-likeness (QED) is 0.279. The number of hydrogen-bond donors (Lipinski definition) is 2. The van der Waals surface area contributed by atoms with Gasteiger partial charge in [-0.2, -0.15) is 5.21 Å². The summed E-state index contributed by atoms with van der Waals surface area (Å²) in [6.45, 7) is 1.73. The van der Waals surface area contributed by atoms with Crippen LogP contribution < -0.4 is 10.1 Å². The van der Waals surface area contributed by atoms with Crippen molar-refractivity contribution in [2.45, 2.75) is 57.5 Å². The highest BCUT2D eigenvalue weighted by atomic mass is 16.5. The first-order chi connectivity index (χ1) is 21.5. The molecule has 4 aromatic rings. The summed E-state index contributed by atoms with van der Waals surface area (Å²) in [5.41, 5.74) is 3.37. The average Bonchev–Trinajstić information content (AvgIpc) is 3.32. The third-order valence-corrected chi connectivity index (χ3v) is 11.4. The van der Waals surface area contributed by atoms with Crippen LogP contribution in [0.25, 0.3) is 33.6 Å². The van der Waals surface area contributed by atoms with Gasteiger partial charge in [0.2, 0.25) is 17.6 Å². The van der Waals surface area contributed by atoms with Crippen LogP contribution in [0.2, 0.25) is 0 Å². The molecule has 5 atom stereocenters. The lowest BCUT2D eigenvalue weighted by atomic mass is 9.41. The normalized spacial score (nSPS) is 29.8. The third-order valence-electron chi connectivity index (χ3n) is 11.4. The Morgan fingerprint density at radius 1 is 1.09 bits per heavy atom. The first-order valence-corrected chi connectivity index (χ1v) is 15.9. The van der Waals surface area contributed by atoms with Crippen LogP contribution in [0.4, 0.5) is 0 Å². The summed E-state index contributed by atoms with van der Waals surface area (Å²) in [5, 5.41) is 22.4. The lowest BCUT2D eigenvalue weighted by molar-refractivity contribution is -0.162. The molecule has 5 unspecified atom stereocenters. The molecule has 2 N–H and O–H groups in total. The van der Waals surface area contributed by atoms with Gasteiger partial charge >= 0.3 is 0 Å². The second-order valence-corrected chi connectivity index (χ2v) is 13.8. The molecular weight excluding hydrogens is 558 g/mol. The monoisotopic (exact) mass is 597 g/mol. The molecule has 230 valence electrons. The van der Waals surface area contributed by atoms with Gasteiger partial charge in [-0.1, -0.05) is 17.3 Å². The van der Waals surface area contributed by atoms with Gasteiger partial charge in [-0.15, -0.1) is 10.2 Å². The first-order valence-electron chi connectivity index (χ1n) is 15.9. The molecule has 0 bridgehead atoms. The lowest BCUT2D eigenvalue weighted by Crippen LogP contribution is -2.58. The number of aromatic nitrogens is 5. The molecule has 9 rings (SSSR count). The zero-order valence-electron chi connectivity index (χ0n) is 24.5. The summed E-state index contributed by atoms with van der Waals surface area (Å²) in [6, 6.07) is 13.5. The predicted molar refractivity (Wildman–Crippen MR) is 163 cm³/mol. The van der Waals surface area contributed by atoms with Gasteiger partial charge in [-0.3, -0.25) is 9.59 Å². The Balaban J connectivity index is 0.00000169. The number of H-pyrrole nitrogens is 1. The summed E-state index contributed by atoms with van der Waals surface area (Å²) in [6.07, 6.45) is 7.92. The van der Waals surface area contributed by atoms with Crippen molar-refractivity contribution in [2.24, 2.45) is 28.6 Å². The number of aromatic amines is 1. The second kappa shape index (κ2) is 9.61. The minimum absolute atomic E-state index is 0. The molecule has 2 aromatic heterocycles. The van der Waals surface area contributed by atoms with E-state index in [1.165, 1.54) is 25.7 Å². The minimum Gasteiger partial charge on any atom is -0.490 e. The van der Waals surface area contributed by atoms with Crippen LogP contribution >= 0.6 is 0 Å². The molecule has 1 spiro atoms. The molecule has 2 aromatic carbocycles. The number of rotatable bonds is 9. The Hall–Kier alpha value is -4.28. The van der Waals surface area contributed by atoms with Crippen LogP contribution in [0.5, 0.6) is 5.75 Å². The number of piperidine rings is 1. The summed E-state index contributed by atoms with van der Waals surface area (Å²) in [5.74, 6) is 4.78. The molecule has 1 saturated heterocycles. The number of likely N-dealkylation sites (tertiary alicyclic amines) is 1. The van der Waals surface area contributed by atoms with E-state index in [9.17, 15) is 9.59 Å². The fraction of sp³-hybridized carbons (Fsp3) is 0.515. The van der Waals surface area contributed by atoms with Gasteiger partial charge in [0, 0.05) is 59.3 Å². The number of fused-ring (bicyclic) bond motifs is 1. The van der Waals surface area contributed by atoms with E-state index in [1.807, 2.05) is 47.4 Å². The van der Waals surface area contributed by atoms with E-state index in [0.29, 0.717) is 54.9 Å². The summed E-state index contributed by atoms with van der Waals surface area (Å²) < 4.78 is 12.1. The number of amides is 2. The largest absolute Gasteiger partial charge is 0.490 e. The van der Waals surface area contributed by atoms with E-state index in [2.05, 4.69) is 31.1 Å². The highest BCUT2D eigenvalue weighted by Gasteiger charge is 2.83. The van der Waals surface area contributed by atoms with Crippen molar-refractivity contribution in [1.82, 2.24) is 36.0 Å². The van der Waals surface area contributed by atoms with E-state index >= 15 is 0 Å². The maximum atomic E-state index is 12.9. The molecule has 5 fully saturated rings. The van der Waals surface area contributed by atoms with Crippen molar-refractivity contribution in [3.05, 3.63) is 42.5 Å². The van der Waals surface area contributed by atoms with Crippen molar-refractivity contribution in [1.29, 1.82) is 0 Å². The van der Waals surface area contributed by atoms with E-state index in [-0.39, 0.29) is 20.8 Å². The Kier molecular flexibility index (Phi) is 5.71. The van der Waals surface area contributed by atoms with Crippen molar-refractivity contribution in [3.8, 4) is 28.5 Å². The van der Waals surface area contributed by atoms with Crippen molar-refractivity contribution < 1.29 is 21.7 Å². The average molecular weight is 598 g/mol. The van der Waals surface area contributed by atoms with Gasteiger partial charge in [-0.25, -0.2) is 0 Å². The zero-order chi connectivity index (χ0) is 29.5. The van der Waals surface area contributed by atoms with Gasteiger partial charge in [0.25, 0.3) is 0 Å². The molecule has 1 aliphatic heterocycles. The Morgan fingerprint density at radius 3 is 2.84 bits per heavy atom. The maximum absolute atomic E-state index is 12.9. The number of ether oxygens (including phenoxy) is 1. The van der Waals surface area contributed by atoms with Gasteiger partial charge in [-0.05, 0) is 89.8 Å². The van der Waals surface area contributed by atoms with Crippen LogP contribution in [0.1, 0.15) is 54.2 Å². The van der Waals surface area contributed by atoms with E-state index < -0.39 is 0 Å². The fourth-order valence-electron chi connectivity index (χ4n) is 9.64. The van der Waals surface area contributed by atoms with Crippen molar-refractivity contribution in [3.63, 3.8) is 0 Å². The molecule has 5 aliphatic rings. The Labute approximate surface area is 257 Å². The topological polar surface area (TPSA) is 139 Å². The molecule has 3 heterocycles. The van der Waals surface area contributed by atoms with Crippen LogP contribution in [-0.2, 0) is 9.59 Å². The van der Waals surface area contributed by atoms with E-state index in [0.717, 1.165) is 58.4 Å². The second-order valence-electron chi connectivity index (χ2n) is 13.8. The van der Waals surface area contributed by atoms with Crippen molar-refractivity contribution >= 4 is 22.7 Å². The standard InChI is InChI=1S/C33H35N7O4.2H2/c41-27(18-32-14-21-15-33(30(21)32)17-22(33)16-32)34-9-6-28(42)40-10-7-23(8-11-40)43-24-3-1-2-19(12-24)29-25-13-20(31-35-38-39-36-31)4-5-26(25)37-44-29;;/h1-5,12-13,21-23,30H,6-11,14-18H2,(H,34,41)(H,35,36,38,39);2*1H. The van der Waals surface area contributed by atoms with Gasteiger partial charge < -0.3 is 19.5 Å². The number of hydrogen-bond acceptors (Lipinski definition) is 8. The SMILES string of the molecule is O=C(CC12CC3CC4(CC4C1)C32)NCCC(=O)N1CCC(Oc2cccc(-c3onc4ccc(-c5nn[nH]n5)cc34)c2)CC1.[HH].[HH]. The number of carbonyl (C=O) groups excluding carboxylic acids is 2. The number of nitrogens with zero attached hydrogens (tertiary/aromatic N) is 5. The fourth-order valence-corrected chi connectivity index (χ4v) is 9.64. The maximum Gasteiger partial charge on any atom is 0.224 e. The number of carbonyl (C=O) groups is 2. The Bertz CT molecular complexity index is 1770. The summed E-state index contributed by atoms with van der Waals surface area (Å²) in [7, 11) is 0. The van der Waals surface area contributed by atoms with Crippen molar-refractivity contribution in [2.75, 3.05) is 19.6 Å². The van der Waals surface area contributed by atoms with Gasteiger partial charge in [0.15, 0.2) is 5.76 Å². The van der Waals surface area contributed by atoms with E-state index in [4.69, 9.17) is 9.26 Å². The lowest BCUT2D eigenvalue weighted by Gasteiger charge is -2.63. The number of tetrazole rings is 1. The third kappa shape index (κ3) is 4.07. The minimum atomic E-state index is 0. The highest BCUT2D eigenvalue weighted by Crippen LogP contribution is 2.90. The van der Waals surface area contributed by atoms with Gasteiger partial charge in [0.1, 0.15) is 17.4 Å². The molecule has 11 nitrogen and oxygen atoms in total. The molecule has 4 aliphatic carbocycles. The molecule has 2 amide bonds. The first kappa shape index (κ1) is 26.2. The van der Waals surface area contributed by atoms with Crippen LogP contribution in [0.15, 0.2) is 47.0 Å². The molecule has 11 heteroatoms. The summed E-state index contributed by atoms with van der Waals surface area (Å²) >= 11 is 0. The Morgan fingerprint density at radius 2 is 2.00 bits per heavy atom.